The van der Waals surface area contributed by atoms with E-state index in [1.54, 1.807) is 6.07 Å². The highest BCUT2D eigenvalue weighted by Crippen LogP contribution is 2.17. The van der Waals surface area contributed by atoms with Crippen LogP contribution in [0.1, 0.15) is 31.7 Å². The zero-order valence-corrected chi connectivity index (χ0v) is 10.4. The molecule has 0 heterocycles. The van der Waals surface area contributed by atoms with Crippen molar-refractivity contribution >= 4 is 15.9 Å². The SMILES string of the molecule is CCC(O)CCCc1ccc(Br)cc1F. The Bertz CT molecular complexity index is 314. The van der Waals surface area contributed by atoms with Crippen LogP contribution in [0.3, 0.4) is 0 Å². The monoisotopic (exact) mass is 274 g/mol. The summed E-state index contributed by atoms with van der Waals surface area (Å²) < 4.78 is 14.1. The van der Waals surface area contributed by atoms with Crippen LogP contribution in [-0.2, 0) is 6.42 Å². The van der Waals surface area contributed by atoms with Gasteiger partial charge in [0.15, 0.2) is 0 Å². The summed E-state index contributed by atoms with van der Waals surface area (Å²) in [5.74, 6) is -0.171. The summed E-state index contributed by atoms with van der Waals surface area (Å²) >= 11 is 3.22. The highest BCUT2D eigenvalue weighted by Gasteiger charge is 2.04. The molecule has 0 bridgehead atoms. The number of aliphatic hydroxyl groups excluding tert-OH is 1. The normalized spacial score (nSPS) is 12.8. The summed E-state index contributed by atoms with van der Waals surface area (Å²) in [5, 5.41) is 9.35. The molecular weight excluding hydrogens is 259 g/mol. The van der Waals surface area contributed by atoms with Crippen molar-refractivity contribution in [3.05, 3.63) is 34.1 Å². The molecule has 1 nitrogen and oxygen atoms in total. The molecule has 1 N–H and O–H groups in total. The van der Waals surface area contributed by atoms with Gasteiger partial charge in [-0.25, -0.2) is 4.39 Å². The van der Waals surface area contributed by atoms with Gasteiger partial charge in [0.05, 0.1) is 6.10 Å². The molecule has 1 rings (SSSR count). The van der Waals surface area contributed by atoms with Gasteiger partial charge in [0.1, 0.15) is 5.82 Å². The minimum absolute atomic E-state index is 0.171. The second-order valence-corrected chi connectivity index (χ2v) is 4.61. The van der Waals surface area contributed by atoms with E-state index in [0.29, 0.717) is 6.42 Å². The van der Waals surface area contributed by atoms with Gasteiger partial charge in [-0.1, -0.05) is 28.9 Å². The van der Waals surface area contributed by atoms with Crippen molar-refractivity contribution < 1.29 is 9.50 Å². The first-order chi connectivity index (χ1) is 7.13. The van der Waals surface area contributed by atoms with Gasteiger partial charge in [-0.3, -0.25) is 0 Å². The lowest BCUT2D eigenvalue weighted by atomic mass is 10.0. The third kappa shape index (κ3) is 4.31. The van der Waals surface area contributed by atoms with Crippen LogP contribution in [0.25, 0.3) is 0 Å². The molecule has 3 heteroatoms. The lowest BCUT2D eigenvalue weighted by Gasteiger charge is -2.07. The Morgan fingerprint density at radius 3 is 2.80 bits per heavy atom. The van der Waals surface area contributed by atoms with Crippen LogP contribution >= 0.6 is 15.9 Å². The fourth-order valence-electron chi connectivity index (χ4n) is 1.46. The van der Waals surface area contributed by atoms with Crippen LogP contribution in [0.2, 0.25) is 0 Å². The number of hydrogen-bond donors (Lipinski definition) is 1. The largest absolute Gasteiger partial charge is 0.393 e. The number of hydrogen-bond acceptors (Lipinski definition) is 1. The average Bonchev–Trinajstić information content (AvgIpc) is 2.21. The fourth-order valence-corrected chi connectivity index (χ4v) is 1.79. The van der Waals surface area contributed by atoms with E-state index in [0.717, 1.165) is 29.3 Å². The molecule has 0 amide bonds. The quantitative estimate of drug-likeness (QED) is 0.869. The lowest BCUT2D eigenvalue weighted by Crippen LogP contribution is -2.04. The highest BCUT2D eigenvalue weighted by molar-refractivity contribution is 9.10. The molecule has 0 fully saturated rings. The predicted molar refractivity (Wildman–Crippen MR) is 63.3 cm³/mol. The van der Waals surface area contributed by atoms with Gasteiger partial charge in [-0.2, -0.15) is 0 Å². The molecule has 0 spiro atoms. The Balaban J connectivity index is 2.44. The van der Waals surface area contributed by atoms with E-state index < -0.39 is 0 Å². The van der Waals surface area contributed by atoms with E-state index in [1.807, 2.05) is 13.0 Å². The topological polar surface area (TPSA) is 20.2 Å². The van der Waals surface area contributed by atoms with Crippen molar-refractivity contribution in [2.45, 2.75) is 38.7 Å². The van der Waals surface area contributed by atoms with Crippen molar-refractivity contribution in [2.75, 3.05) is 0 Å². The molecule has 0 saturated heterocycles. The standard InChI is InChI=1S/C12H16BrFO/c1-2-11(15)5-3-4-9-6-7-10(13)8-12(9)14/h6-8,11,15H,2-5H2,1H3. The van der Waals surface area contributed by atoms with Gasteiger partial charge in [-0.15, -0.1) is 0 Å². The van der Waals surface area contributed by atoms with Crippen LogP contribution in [-0.4, -0.2) is 11.2 Å². The molecule has 1 unspecified atom stereocenters. The average molecular weight is 275 g/mol. The second kappa shape index (κ2) is 6.23. The maximum absolute atomic E-state index is 13.4. The highest BCUT2D eigenvalue weighted by atomic mass is 79.9. The van der Waals surface area contributed by atoms with Crippen molar-refractivity contribution in [1.82, 2.24) is 0 Å². The van der Waals surface area contributed by atoms with Gasteiger partial charge in [0.2, 0.25) is 0 Å². The van der Waals surface area contributed by atoms with Crippen molar-refractivity contribution in [3.8, 4) is 0 Å². The maximum Gasteiger partial charge on any atom is 0.127 e. The van der Waals surface area contributed by atoms with Crippen LogP contribution < -0.4 is 0 Å². The third-order valence-electron chi connectivity index (χ3n) is 2.47. The van der Waals surface area contributed by atoms with E-state index >= 15 is 0 Å². The molecule has 1 aromatic rings. The van der Waals surface area contributed by atoms with Gasteiger partial charge in [0, 0.05) is 4.47 Å². The van der Waals surface area contributed by atoms with Crippen molar-refractivity contribution in [1.29, 1.82) is 0 Å². The summed E-state index contributed by atoms with van der Waals surface area (Å²) in [6.45, 7) is 1.95. The molecule has 0 saturated carbocycles. The number of halogens is 2. The van der Waals surface area contributed by atoms with E-state index in [-0.39, 0.29) is 11.9 Å². The molecule has 15 heavy (non-hydrogen) atoms. The molecule has 0 aliphatic carbocycles. The molecule has 0 aliphatic rings. The Morgan fingerprint density at radius 1 is 1.47 bits per heavy atom. The number of benzene rings is 1. The predicted octanol–water partition coefficient (Wildman–Crippen LogP) is 3.68. The smallest absolute Gasteiger partial charge is 0.127 e. The first-order valence-electron chi connectivity index (χ1n) is 5.25. The van der Waals surface area contributed by atoms with Crippen molar-refractivity contribution in [3.63, 3.8) is 0 Å². The van der Waals surface area contributed by atoms with Crippen LogP contribution in [0.15, 0.2) is 22.7 Å². The summed E-state index contributed by atoms with van der Waals surface area (Å²) in [6, 6.07) is 5.11. The number of aryl methyl sites for hydroxylation is 1. The summed E-state index contributed by atoms with van der Waals surface area (Å²) in [5.41, 5.74) is 0.724. The van der Waals surface area contributed by atoms with Gasteiger partial charge >= 0.3 is 0 Å². The van der Waals surface area contributed by atoms with E-state index in [4.69, 9.17) is 0 Å². The lowest BCUT2D eigenvalue weighted by molar-refractivity contribution is 0.157. The third-order valence-corrected chi connectivity index (χ3v) is 2.96. The summed E-state index contributed by atoms with van der Waals surface area (Å²) in [6.07, 6.45) is 2.78. The zero-order valence-electron chi connectivity index (χ0n) is 8.84. The minimum atomic E-state index is -0.247. The Kier molecular flexibility index (Phi) is 5.26. The fraction of sp³-hybridized carbons (Fsp3) is 0.500. The molecule has 0 aromatic heterocycles. The Hall–Kier alpha value is -0.410. The van der Waals surface area contributed by atoms with Crippen molar-refractivity contribution in [2.24, 2.45) is 0 Å². The first-order valence-corrected chi connectivity index (χ1v) is 6.04. The van der Waals surface area contributed by atoms with Gasteiger partial charge < -0.3 is 5.11 Å². The number of rotatable bonds is 5. The van der Waals surface area contributed by atoms with Crippen LogP contribution in [0.4, 0.5) is 4.39 Å². The van der Waals surface area contributed by atoms with E-state index in [1.165, 1.54) is 6.07 Å². The summed E-state index contributed by atoms with van der Waals surface area (Å²) in [4.78, 5) is 0. The van der Waals surface area contributed by atoms with E-state index in [2.05, 4.69) is 15.9 Å². The second-order valence-electron chi connectivity index (χ2n) is 3.69. The zero-order chi connectivity index (χ0) is 11.3. The molecule has 0 radical (unpaired) electrons. The minimum Gasteiger partial charge on any atom is -0.393 e. The van der Waals surface area contributed by atoms with Gasteiger partial charge in [0.25, 0.3) is 0 Å². The maximum atomic E-state index is 13.4. The van der Waals surface area contributed by atoms with Crippen LogP contribution in [0.5, 0.6) is 0 Å². The summed E-state index contributed by atoms with van der Waals surface area (Å²) in [7, 11) is 0. The first kappa shape index (κ1) is 12.7. The molecule has 0 aliphatic heterocycles. The molecule has 1 aromatic carbocycles. The van der Waals surface area contributed by atoms with Gasteiger partial charge in [-0.05, 0) is 43.4 Å². The molecule has 1 atom stereocenters. The number of aliphatic hydroxyl groups is 1. The molecule has 84 valence electrons. The molecular formula is C12H16BrFO. The Morgan fingerprint density at radius 2 is 2.20 bits per heavy atom. The van der Waals surface area contributed by atoms with E-state index in [9.17, 15) is 9.50 Å². The Labute approximate surface area is 98.4 Å². The van der Waals surface area contributed by atoms with Crippen LogP contribution in [0, 0.1) is 5.82 Å².